The van der Waals surface area contributed by atoms with Crippen molar-refractivity contribution >= 4 is 95.1 Å². The number of ether oxygens (including phenoxy) is 1. The third kappa shape index (κ3) is 18.9. The lowest BCUT2D eigenvalue weighted by atomic mass is 10.1. The minimum absolute atomic E-state index is 0.0568. The van der Waals surface area contributed by atoms with E-state index in [2.05, 4.69) is 40.8 Å². The molecule has 7 unspecified atom stereocenters. The summed E-state index contributed by atoms with van der Waals surface area (Å²) in [4.78, 5) is 123. The van der Waals surface area contributed by atoms with Gasteiger partial charge in [-0.25, -0.2) is 9.56 Å². The van der Waals surface area contributed by atoms with E-state index >= 15 is 0 Å². The Hall–Kier alpha value is -5.22. The molecule has 0 radical (unpaired) electrons. The number of amides is 4. The summed E-state index contributed by atoms with van der Waals surface area (Å²) in [5.41, 5.74) is 22.0. The number of hydrogen-bond acceptors (Lipinski definition) is 23. The molecule has 31 nitrogen and oxygen atoms in total. The van der Waals surface area contributed by atoms with E-state index in [0.29, 0.717) is 0 Å². The standard InChI is InChI=1S/C20H32N6O12S2.C10H17N6O7P/c21-9(19(35)36)1-3-13(27)25-11(17(33)23-5-15(29)30)7-39-40-8-12(18(34)24-6-16(31)32)26-14(28)4-2-10(22)20(37)38;11-7-4-8(15-10(12)14-7)16(2-13-4)9-6(18)5(17)3(23-9)1-22-24(19,20)21/h9-12H,1-8,21-22H2,(H,23,33)(H,24,34)(H,25,27)(H,26,28)(H,29,30)(H,31,32)(H,35,36)(H,37,38);2-6,8-9,17-18H,1H2,(H2,19,20,21)(H4,11,12,14,15)/t;3-,4?,5-,6-,8?,9?/m.0/s1. The number of nitrogens with zero attached hydrogens (tertiary/aromatic N) is 4. The van der Waals surface area contributed by atoms with Crippen LogP contribution in [0.3, 0.4) is 0 Å². The van der Waals surface area contributed by atoms with Gasteiger partial charge in [0.15, 0.2) is 12.4 Å². The number of guanidine groups is 1. The van der Waals surface area contributed by atoms with E-state index in [0.717, 1.165) is 21.6 Å². The number of rotatable bonds is 25. The molecule has 3 heterocycles. The number of phosphoric acid groups is 1. The van der Waals surface area contributed by atoms with Crippen LogP contribution in [0.1, 0.15) is 25.7 Å². The highest BCUT2D eigenvalue weighted by Crippen LogP contribution is 2.38. The molecule has 1 fully saturated rings. The number of aliphatic carboxylic acids is 4. The van der Waals surface area contributed by atoms with Gasteiger partial charge in [-0.15, -0.1) is 0 Å². The topological polar surface area (TPSA) is 526 Å². The Morgan fingerprint density at radius 3 is 1.70 bits per heavy atom. The summed E-state index contributed by atoms with van der Waals surface area (Å²) in [6.45, 7) is -2.08. The first-order chi connectivity index (χ1) is 29.8. The maximum Gasteiger partial charge on any atom is 0.469 e. The van der Waals surface area contributed by atoms with Crippen LogP contribution in [0.25, 0.3) is 0 Å². The van der Waals surface area contributed by atoms with Crippen LogP contribution in [0.2, 0.25) is 0 Å². The fourth-order valence-electron chi connectivity index (χ4n) is 5.21. The number of carbonyl (C=O) groups excluding carboxylic acids is 4. The van der Waals surface area contributed by atoms with Crippen LogP contribution in [0.4, 0.5) is 0 Å². The van der Waals surface area contributed by atoms with Gasteiger partial charge in [0.1, 0.15) is 67.4 Å². The van der Waals surface area contributed by atoms with E-state index in [4.69, 9.17) is 57.9 Å². The van der Waals surface area contributed by atoms with Crippen LogP contribution in [0, 0.1) is 0 Å². The van der Waals surface area contributed by atoms with Crippen molar-refractivity contribution in [3.63, 3.8) is 0 Å². The van der Waals surface area contributed by atoms with Crippen LogP contribution in [0.15, 0.2) is 15.0 Å². The maximum absolute atomic E-state index is 12.4. The van der Waals surface area contributed by atoms with Gasteiger partial charge in [0.2, 0.25) is 29.6 Å². The molecule has 0 aromatic carbocycles. The normalized spacial score (nSPS) is 23.1. The molecule has 34 heteroatoms. The third-order valence-electron chi connectivity index (χ3n) is 8.48. The number of carboxylic acid groups (broad SMARTS) is 4. The molecular formula is C30H49N12O19PS2. The molecule has 4 amide bonds. The summed E-state index contributed by atoms with van der Waals surface area (Å²) in [5.74, 6) is -8.72. The molecular weight excluding hydrogens is 928 g/mol. The van der Waals surface area contributed by atoms with Crippen molar-refractivity contribution in [1.82, 2.24) is 26.2 Å². The van der Waals surface area contributed by atoms with Gasteiger partial charge in [-0.2, -0.15) is 4.99 Å². The van der Waals surface area contributed by atoms with Crippen molar-refractivity contribution in [2.24, 2.45) is 37.9 Å². The van der Waals surface area contributed by atoms with Gasteiger partial charge in [-0.1, -0.05) is 21.6 Å². The van der Waals surface area contributed by atoms with E-state index in [1.807, 2.05) is 0 Å². The van der Waals surface area contributed by atoms with E-state index in [-0.39, 0.29) is 49.0 Å². The number of carbonyl (C=O) groups is 8. The summed E-state index contributed by atoms with van der Waals surface area (Å²) >= 11 is 0. The Morgan fingerprint density at radius 1 is 0.812 bits per heavy atom. The van der Waals surface area contributed by atoms with E-state index < -0.39 is 136 Å². The SMILES string of the molecule is NC(CCC(=O)NC(CSSCC(NC(=O)CCC(N)C(=O)O)C(=O)NCC(=O)O)C(=O)NCC(=O)O)C(=O)O.NC1=NC2C(N=CN2C2O[C@@H](COP(=O)(O)O)[C@H](O)[C@@H]2O)C(N)=N1. The number of fused-ring (bicyclic) bond motifs is 1. The number of aliphatic hydroxyl groups is 2. The van der Waals surface area contributed by atoms with Gasteiger partial charge in [0.25, 0.3) is 0 Å². The number of nitrogens with one attached hydrogen (secondary N) is 4. The summed E-state index contributed by atoms with van der Waals surface area (Å²) < 4.78 is 20.5. The molecule has 3 aliphatic rings. The molecule has 3 aliphatic heterocycles. The lowest BCUT2D eigenvalue weighted by Crippen LogP contribution is -2.52. The highest BCUT2D eigenvalue weighted by atomic mass is 33.1. The third-order valence-corrected chi connectivity index (χ3v) is 11.4. The monoisotopic (exact) mass is 976 g/mol. The average molecular weight is 977 g/mol. The Kier molecular flexibility index (Phi) is 22.2. The minimum Gasteiger partial charge on any atom is -0.480 e. The zero-order valence-electron chi connectivity index (χ0n) is 33.1. The second kappa shape index (κ2) is 25.9. The minimum atomic E-state index is -4.73. The maximum atomic E-state index is 12.4. The Labute approximate surface area is 368 Å². The second-order valence-corrected chi connectivity index (χ2v) is 17.2. The Morgan fingerprint density at radius 2 is 1.28 bits per heavy atom. The summed E-state index contributed by atoms with van der Waals surface area (Å²) in [6, 6.07) is -5.76. The number of hydrogen-bond donors (Lipinski definition) is 16. The molecule has 0 bridgehead atoms. The van der Waals surface area contributed by atoms with Crippen LogP contribution >= 0.6 is 29.4 Å². The molecule has 1 saturated heterocycles. The zero-order valence-corrected chi connectivity index (χ0v) is 35.7. The van der Waals surface area contributed by atoms with Crippen molar-refractivity contribution in [3.05, 3.63) is 0 Å². The van der Waals surface area contributed by atoms with Gasteiger partial charge in [0.05, 0.1) is 12.9 Å². The van der Waals surface area contributed by atoms with Gasteiger partial charge >= 0.3 is 31.7 Å². The van der Waals surface area contributed by atoms with E-state index in [9.17, 15) is 53.1 Å². The number of aliphatic imine (C=N–C) groups is 3. The average Bonchev–Trinajstić information content (AvgIpc) is 3.75. The number of amidine groups is 1. The smallest absolute Gasteiger partial charge is 0.469 e. The highest BCUT2D eigenvalue weighted by molar-refractivity contribution is 8.76. The molecule has 10 atom stereocenters. The molecule has 0 aromatic heterocycles. The van der Waals surface area contributed by atoms with Crippen molar-refractivity contribution in [3.8, 4) is 0 Å². The first-order valence-electron chi connectivity index (χ1n) is 18.3. The molecule has 360 valence electrons. The largest absolute Gasteiger partial charge is 0.480 e. The quantitative estimate of drug-likeness (QED) is 0.0229. The molecule has 0 aliphatic carbocycles. The molecule has 0 spiro atoms. The first kappa shape index (κ1) is 54.9. The number of carboxylic acids is 4. The fourth-order valence-corrected chi connectivity index (χ4v) is 7.88. The fraction of sp³-hybridized carbons (Fsp3) is 0.633. The Balaban J connectivity index is 0.000000493. The molecule has 3 rings (SSSR count). The van der Waals surface area contributed by atoms with Gasteiger partial charge in [-0.3, -0.25) is 47.9 Å². The zero-order chi connectivity index (χ0) is 48.5. The molecule has 0 aromatic rings. The van der Waals surface area contributed by atoms with Crippen molar-refractivity contribution in [2.75, 3.05) is 31.2 Å². The van der Waals surface area contributed by atoms with Crippen molar-refractivity contribution in [2.45, 2.75) is 86.6 Å². The number of aliphatic hydroxyl groups excluding tert-OH is 2. The molecule has 64 heavy (non-hydrogen) atoms. The van der Waals surface area contributed by atoms with E-state index in [1.54, 1.807) is 0 Å². The molecule has 0 saturated carbocycles. The predicted molar refractivity (Wildman–Crippen MR) is 220 cm³/mol. The lowest BCUT2D eigenvalue weighted by molar-refractivity contribution is -0.140. The predicted octanol–water partition coefficient (Wildman–Crippen LogP) is -7.61. The highest BCUT2D eigenvalue weighted by Gasteiger charge is 2.50. The van der Waals surface area contributed by atoms with Crippen LogP contribution in [-0.2, 0) is 52.2 Å². The van der Waals surface area contributed by atoms with Crippen molar-refractivity contribution in [1.29, 1.82) is 0 Å². The van der Waals surface area contributed by atoms with Gasteiger partial charge < -0.3 is 94.3 Å². The summed E-state index contributed by atoms with van der Waals surface area (Å²) in [7, 11) is -2.84. The summed E-state index contributed by atoms with van der Waals surface area (Å²) in [5, 5.41) is 64.2. The first-order valence-corrected chi connectivity index (χ1v) is 22.3. The van der Waals surface area contributed by atoms with Crippen LogP contribution < -0.4 is 44.2 Å². The van der Waals surface area contributed by atoms with E-state index in [1.165, 1.54) is 11.2 Å². The second-order valence-electron chi connectivity index (χ2n) is 13.4. The van der Waals surface area contributed by atoms with Gasteiger partial charge in [0, 0.05) is 24.3 Å². The lowest BCUT2D eigenvalue weighted by Gasteiger charge is -2.32. The van der Waals surface area contributed by atoms with Crippen LogP contribution in [0.5, 0.6) is 0 Å². The van der Waals surface area contributed by atoms with Crippen molar-refractivity contribution < 1.29 is 92.6 Å². The Bertz CT molecular complexity index is 1790. The summed E-state index contributed by atoms with van der Waals surface area (Å²) in [6.07, 6.45) is -5.53. The number of nitrogens with two attached hydrogens (primary N) is 4. The van der Waals surface area contributed by atoms with Crippen LogP contribution in [-0.4, -0.2) is 203 Å². The number of phosphoric ester groups is 1. The molecule has 20 N–H and O–H groups in total. The van der Waals surface area contributed by atoms with Gasteiger partial charge in [-0.05, 0) is 12.8 Å².